The molecule has 3 aliphatic rings. The average Bonchev–Trinajstić information content (AvgIpc) is 3.68. The number of nitrogens with one attached hydrogen (secondary N) is 2. The maximum Gasteiger partial charge on any atom is 0.408 e. The van der Waals surface area contributed by atoms with Gasteiger partial charge < -0.3 is 20.1 Å². The van der Waals surface area contributed by atoms with Crippen LogP contribution in [0.2, 0.25) is 0 Å². The van der Waals surface area contributed by atoms with E-state index in [9.17, 15) is 14.0 Å². The fourth-order valence-corrected chi connectivity index (χ4v) is 4.68. The van der Waals surface area contributed by atoms with Gasteiger partial charge in [-0.15, -0.1) is 0 Å². The Morgan fingerprint density at radius 1 is 1.11 bits per heavy atom. The molecular weight excluding hydrogens is 460 g/mol. The minimum Gasteiger partial charge on any atom is -0.481 e. The summed E-state index contributed by atoms with van der Waals surface area (Å²) in [6, 6.07) is -0.377. The number of rotatable bonds is 10. The van der Waals surface area contributed by atoms with Crippen LogP contribution < -0.4 is 15.4 Å². The quantitative estimate of drug-likeness (QED) is 0.526. The van der Waals surface area contributed by atoms with Gasteiger partial charge >= 0.3 is 6.09 Å². The van der Waals surface area contributed by atoms with Crippen molar-refractivity contribution in [1.82, 2.24) is 20.1 Å². The molecule has 0 unspecified atom stereocenters. The summed E-state index contributed by atoms with van der Waals surface area (Å²) in [6.45, 7) is 1.62. The van der Waals surface area contributed by atoms with Crippen LogP contribution in [0.4, 0.5) is 19.3 Å². The third kappa shape index (κ3) is 5.23. The van der Waals surface area contributed by atoms with Crippen LogP contribution in [0.15, 0.2) is 18.5 Å². The first-order valence-electron chi connectivity index (χ1n) is 12.1. The average molecular weight is 490 g/mol. The van der Waals surface area contributed by atoms with E-state index in [4.69, 9.17) is 9.47 Å². The lowest BCUT2D eigenvalue weighted by molar-refractivity contribution is -0.119. The monoisotopic (exact) mass is 489 g/mol. The van der Waals surface area contributed by atoms with E-state index in [2.05, 4.69) is 20.7 Å². The van der Waals surface area contributed by atoms with Gasteiger partial charge in [0.25, 0.3) is 0 Å². The maximum atomic E-state index is 15.3. The number of amides is 2. The predicted molar refractivity (Wildman–Crippen MR) is 121 cm³/mol. The first-order chi connectivity index (χ1) is 16.9. The number of methoxy groups -OCH3 is 1. The number of hydrogen-bond donors (Lipinski definition) is 2. The minimum absolute atomic E-state index is 0.0126. The van der Waals surface area contributed by atoms with Crippen molar-refractivity contribution in [1.29, 1.82) is 0 Å². The Hall–Kier alpha value is -3.24. The number of pyridine rings is 1. The van der Waals surface area contributed by atoms with E-state index in [0.29, 0.717) is 17.4 Å². The van der Waals surface area contributed by atoms with Crippen LogP contribution in [-0.2, 0) is 9.53 Å². The first-order valence-corrected chi connectivity index (χ1v) is 12.1. The molecule has 35 heavy (non-hydrogen) atoms. The Kier molecular flexibility index (Phi) is 6.33. The second-order valence-corrected chi connectivity index (χ2v) is 9.69. The number of anilines is 1. The summed E-state index contributed by atoms with van der Waals surface area (Å²) < 4.78 is 40.6. The lowest BCUT2D eigenvalue weighted by atomic mass is 9.89. The molecule has 2 heterocycles. The molecule has 3 aliphatic carbocycles. The third-order valence-electron chi connectivity index (χ3n) is 6.92. The van der Waals surface area contributed by atoms with Crippen LogP contribution in [0.25, 0.3) is 0 Å². The number of alkyl carbamates (subject to hydrolysis) is 1. The smallest absolute Gasteiger partial charge is 0.408 e. The molecule has 188 valence electrons. The molecule has 0 aliphatic heterocycles. The highest BCUT2D eigenvalue weighted by Gasteiger charge is 2.49. The molecule has 2 N–H and O–H groups in total. The van der Waals surface area contributed by atoms with Crippen LogP contribution in [0.3, 0.4) is 0 Å². The number of hydrogen-bond acceptors (Lipinski definition) is 6. The van der Waals surface area contributed by atoms with Crippen molar-refractivity contribution in [2.45, 2.75) is 63.6 Å². The molecule has 0 bridgehead atoms. The SMILES string of the molecule is COc1ncc(F)cc1[C@H](C)n1ncc(NC(=O)[C@@H](NC(=O)OC2CC2)C(C2CC2)C2CC2)c1F. The van der Waals surface area contributed by atoms with Gasteiger partial charge in [-0.3, -0.25) is 4.79 Å². The Bertz CT molecular complexity index is 1100. The lowest BCUT2D eigenvalue weighted by Gasteiger charge is -2.27. The number of carbonyl (C=O) groups is 2. The summed E-state index contributed by atoms with van der Waals surface area (Å²) >= 11 is 0. The van der Waals surface area contributed by atoms with Crippen LogP contribution >= 0.6 is 0 Å². The van der Waals surface area contributed by atoms with E-state index in [1.165, 1.54) is 19.4 Å². The molecular formula is C24H29F2N5O4. The van der Waals surface area contributed by atoms with Crippen LogP contribution in [-0.4, -0.2) is 46.0 Å². The van der Waals surface area contributed by atoms with E-state index in [0.717, 1.165) is 49.4 Å². The molecule has 5 rings (SSSR count). The zero-order chi connectivity index (χ0) is 24.7. The number of halogens is 2. The number of aromatic nitrogens is 3. The van der Waals surface area contributed by atoms with E-state index in [1.54, 1.807) is 6.92 Å². The normalized spacial score (nSPS) is 19.2. The molecule has 2 aromatic rings. The van der Waals surface area contributed by atoms with Crippen molar-refractivity contribution in [3.05, 3.63) is 35.8 Å². The molecule has 11 heteroatoms. The molecule has 3 saturated carbocycles. The fraction of sp³-hybridized carbons (Fsp3) is 0.583. The van der Waals surface area contributed by atoms with Gasteiger partial charge in [0.1, 0.15) is 23.7 Å². The standard InChI is InChI=1S/C24H29F2N5O4/c1-12(17-9-15(25)10-27-23(17)34-2)31-21(26)18(11-28-31)29-22(32)20(30-24(33)35-16-7-8-16)19(13-3-4-13)14-5-6-14/h9-14,16,19-20H,3-8H2,1-2H3,(H,29,32)(H,30,33)/t12-,20-/m0/s1. The minimum atomic E-state index is -0.825. The number of ether oxygens (including phenoxy) is 2. The summed E-state index contributed by atoms with van der Waals surface area (Å²) in [5, 5.41) is 9.43. The Morgan fingerprint density at radius 2 is 1.80 bits per heavy atom. The highest BCUT2D eigenvalue weighted by molar-refractivity contribution is 5.96. The summed E-state index contributed by atoms with van der Waals surface area (Å²) in [4.78, 5) is 29.6. The van der Waals surface area contributed by atoms with E-state index < -0.39 is 35.8 Å². The Morgan fingerprint density at radius 3 is 2.40 bits per heavy atom. The summed E-state index contributed by atoms with van der Waals surface area (Å²) in [5.41, 5.74) is 0.176. The zero-order valence-corrected chi connectivity index (χ0v) is 19.7. The van der Waals surface area contributed by atoms with E-state index in [-0.39, 0.29) is 23.6 Å². The van der Waals surface area contributed by atoms with Crippen LogP contribution in [0.5, 0.6) is 5.88 Å². The second kappa shape index (κ2) is 9.43. The van der Waals surface area contributed by atoms with Crippen molar-refractivity contribution >= 4 is 17.7 Å². The number of carbonyl (C=O) groups excluding carboxylic acids is 2. The largest absolute Gasteiger partial charge is 0.481 e. The Labute approximate surface area is 201 Å². The lowest BCUT2D eigenvalue weighted by Crippen LogP contribution is -2.50. The van der Waals surface area contributed by atoms with Gasteiger partial charge in [-0.25, -0.2) is 18.9 Å². The van der Waals surface area contributed by atoms with Crippen molar-refractivity contribution in [2.75, 3.05) is 12.4 Å². The fourth-order valence-electron chi connectivity index (χ4n) is 4.68. The zero-order valence-electron chi connectivity index (χ0n) is 19.7. The highest BCUT2D eigenvalue weighted by Crippen LogP contribution is 2.51. The van der Waals surface area contributed by atoms with Gasteiger partial charge in [-0.05, 0) is 69.3 Å². The van der Waals surface area contributed by atoms with Gasteiger partial charge in [0, 0.05) is 5.56 Å². The molecule has 0 saturated heterocycles. The second-order valence-electron chi connectivity index (χ2n) is 9.69. The molecule has 2 amide bonds. The molecule has 0 spiro atoms. The molecule has 2 aromatic heterocycles. The van der Waals surface area contributed by atoms with Gasteiger partial charge in [0.05, 0.1) is 25.5 Å². The topological polar surface area (TPSA) is 107 Å². The van der Waals surface area contributed by atoms with Gasteiger partial charge in [0.15, 0.2) is 0 Å². The van der Waals surface area contributed by atoms with Crippen molar-refractivity contribution in [3.8, 4) is 5.88 Å². The molecule has 0 radical (unpaired) electrons. The number of nitrogens with zero attached hydrogens (tertiary/aromatic N) is 3. The Balaban J connectivity index is 1.35. The van der Waals surface area contributed by atoms with Gasteiger partial charge in [-0.1, -0.05) is 0 Å². The van der Waals surface area contributed by atoms with Crippen molar-refractivity contribution in [2.24, 2.45) is 17.8 Å². The summed E-state index contributed by atoms with van der Waals surface area (Å²) in [6.07, 6.45) is 7.20. The summed E-state index contributed by atoms with van der Waals surface area (Å²) in [5.74, 6) is -1.04. The summed E-state index contributed by atoms with van der Waals surface area (Å²) in [7, 11) is 1.39. The van der Waals surface area contributed by atoms with Crippen LogP contribution in [0, 0.1) is 29.5 Å². The van der Waals surface area contributed by atoms with Crippen molar-refractivity contribution < 1.29 is 27.8 Å². The molecule has 9 nitrogen and oxygen atoms in total. The predicted octanol–water partition coefficient (Wildman–Crippen LogP) is 3.81. The van der Waals surface area contributed by atoms with E-state index in [1.807, 2.05) is 0 Å². The molecule has 3 fully saturated rings. The van der Waals surface area contributed by atoms with Crippen molar-refractivity contribution in [3.63, 3.8) is 0 Å². The maximum absolute atomic E-state index is 15.3. The molecule has 0 aromatic carbocycles. The van der Waals surface area contributed by atoms with Gasteiger partial charge in [0.2, 0.25) is 17.7 Å². The first kappa shape index (κ1) is 23.5. The third-order valence-corrected chi connectivity index (χ3v) is 6.92. The van der Waals surface area contributed by atoms with Crippen LogP contribution in [0.1, 0.15) is 57.1 Å². The van der Waals surface area contributed by atoms with Gasteiger partial charge in [-0.2, -0.15) is 9.49 Å². The van der Waals surface area contributed by atoms with E-state index >= 15 is 4.39 Å². The molecule has 2 atom stereocenters. The highest BCUT2D eigenvalue weighted by atomic mass is 19.1.